The summed E-state index contributed by atoms with van der Waals surface area (Å²) in [6.07, 6.45) is -4.72. The Morgan fingerprint density at radius 2 is 2.06 bits per heavy atom. The highest BCUT2D eigenvalue weighted by molar-refractivity contribution is 14.1. The molecule has 17 heavy (non-hydrogen) atoms. The summed E-state index contributed by atoms with van der Waals surface area (Å²) in [6.45, 7) is 0. The molecular weight excluding hydrogens is 414 g/mol. The summed E-state index contributed by atoms with van der Waals surface area (Å²) in [4.78, 5) is 11.5. The van der Waals surface area contributed by atoms with Gasteiger partial charge in [0.1, 0.15) is 0 Å². The van der Waals surface area contributed by atoms with E-state index in [1.807, 2.05) is 0 Å². The number of rotatable bonds is 2. The summed E-state index contributed by atoms with van der Waals surface area (Å²) >= 11 is 4.48. The fourth-order valence-corrected chi connectivity index (χ4v) is 2.33. The van der Waals surface area contributed by atoms with Crippen LogP contribution in [0, 0.1) is 14.9 Å². The van der Waals surface area contributed by atoms with Crippen LogP contribution in [0.15, 0.2) is 12.1 Å². The maximum absolute atomic E-state index is 12.9. The van der Waals surface area contributed by atoms with Crippen LogP contribution in [0.3, 0.4) is 0 Å². The molecule has 0 spiro atoms. The molecule has 0 amide bonds. The van der Waals surface area contributed by atoms with Crippen molar-refractivity contribution in [3.05, 3.63) is 32.4 Å². The molecule has 7 heteroatoms. The molecule has 0 aliphatic rings. The fourth-order valence-electron chi connectivity index (χ4n) is 1.30. The van der Waals surface area contributed by atoms with Crippen LogP contribution in [0.5, 0.6) is 0 Å². The van der Waals surface area contributed by atoms with Gasteiger partial charge >= 0.3 is 6.18 Å². The number of hydrogen-bond acceptors (Lipinski definition) is 2. The predicted molar refractivity (Wildman–Crippen MR) is 67.0 cm³/mol. The van der Waals surface area contributed by atoms with Crippen molar-refractivity contribution in [3.63, 3.8) is 0 Å². The number of carbonyl (C=O) groups is 1. The number of halogens is 5. The first-order valence-corrected chi connectivity index (χ1v) is 6.42. The minimum absolute atomic E-state index is 0.179. The number of carbonyl (C=O) groups excluding carboxylic acids is 1. The van der Waals surface area contributed by atoms with E-state index in [0.29, 0.717) is 0 Å². The Labute approximate surface area is 117 Å². The van der Waals surface area contributed by atoms with Gasteiger partial charge in [-0.25, -0.2) is 0 Å². The number of nitriles is 1. The van der Waals surface area contributed by atoms with Gasteiger partial charge in [-0.1, -0.05) is 15.9 Å². The van der Waals surface area contributed by atoms with E-state index in [4.69, 9.17) is 5.26 Å². The zero-order valence-electron chi connectivity index (χ0n) is 8.11. The Kier molecular flexibility index (Phi) is 4.55. The maximum Gasteiger partial charge on any atom is 0.418 e. The first kappa shape index (κ1) is 14.4. The molecule has 0 fully saturated rings. The van der Waals surface area contributed by atoms with Crippen molar-refractivity contribution in [3.8, 4) is 6.07 Å². The van der Waals surface area contributed by atoms with E-state index < -0.39 is 28.6 Å². The highest BCUT2D eigenvalue weighted by atomic mass is 127. The van der Waals surface area contributed by atoms with E-state index in [1.54, 1.807) is 22.6 Å². The molecule has 1 aromatic carbocycles. The van der Waals surface area contributed by atoms with E-state index in [1.165, 1.54) is 12.1 Å². The molecule has 0 aliphatic heterocycles. The largest absolute Gasteiger partial charge is 0.418 e. The van der Waals surface area contributed by atoms with Gasteiger partial charge in [-0.3, -0.25) is 4.79 Å². The molecule has 0 unspecified atom stereocenters. The summed E-state index contributed by atoms with van der Waals surface area (Å²) in [6, 6.07) is 3.85. The van der Waals surface area contributed by atoms with E-state index in [2.05, 4.69) is 15.9 Å². The zero-order valence-corrected chi connectivity index (χ0v) is 11.9. The van der Waals surface area contributed by atoms with Crippen LogP contribution in [0.2, 0.25) is 0 Å². The lowest BCUT2D eigenvalue weighted by Crippen LogP contribution is -2.17. The van der Waals surface area contributed by atoms with Gasteiger partial charge in [-0.15, -0.1) is 0 Å². The van der Waals surface area contributed by atoms with Gasteiger partial charge in [-0.05, 0) is 34.7 Å². The van der Waals surface area contributed by atoms with Gasteiger partial charge in [0.2, 0.25) is 0 Å². The summed E-state index contributed by atoms with van der Waals surface area (Å²) in [5, 5.41) is 8.45. The van der Waals surface area contributed by atoms with Crippen LogP contribution in [0.4, 0.5) is 13.2 Å². The third-order valence-corrected chi connectivity index (χ3v) is 3.37. The summed E-state index contributed by atoms with van der Waals surface area (Å²) in [5.74, 6) is -0.696. The van der Waals surface area contributed by atoms with Crippen LogP contribution < -0.4 is 0 Å². The smallest absolute Gasteiger partial charge is 0.293 e. The van der Waals surface area contributed by atoms with E-state index in [0.717, 1.165) is 6.07 Å². The number of alkyl halides is 4. The van der Waals surface area contributed by atoms with E-state index >= 15 is 0 Å². The second-order valence-corrected chi connectivity index (χ2v) is 4.73. The lowest BCUT2D eigenvalue weighted by atomic mass is 9.99. The number of ketones is 1. The van der Waals surface area contributed by atoms with Gasteiger partial charge in [0.05, 0.1) is 22.5 Å². The van der Waals surface area contributed by atoms with Crippen LogP contribution >= 0.6 is 38.5 Å². The third-order valence-electron chi connectivity index (χ3n) is 1.96. The number of Topliss-reactive ketones (excluding diaryl/α,β-unsaturated/α-hetero) is 1. The maximum atomic E-state index is 12.9. The average molecular weight is 418 g/mol. The number of hydrogen-bond donors (Lipinski definition) is 0. The molecule has 0 atom stereocenters. The molecule has 1 rings (SSSR count). The second kappa shape index (κ2) is 5.35. The van der Waals surface area contributed by atoms with Gasteiger partial charge in [0, 0.05) is 9.13 Å². The van der Waals surface area contributed by atoms with Crippen LogP contribution in [-0.2, 0) is 6.18 Å². The molecule has 0 saturated carbocycles. The van der Waals surface area contributed by atoms with Crippen molar-refractivity contribution in [1.29, 1.82) is 5.26 Å². The summed E-state index contributed by atoms with van der Waals surface area (Å²) in [7, 11) is 0. The Bertz CT molecular complexity index is 507. The molecule has 1 aromatic rings. The quantitative estimate of drug-likeness (QED) is 0.417. The van der Waals surface area contributed by atoms with Crippen molar-refractivity contribution >= 4 is 44.3 Å². The Morgan fingerprint density at radius 3 is 2.47 bits per heavy atom. The summed E-state index contributed by atoms with van der Waals surface area (Å²) < 4.78 is 38.7. The lowest BCUT2D eigenvalue weighted by Gasteiger charge is -2.14. The van der Waals surface area contributed by atoms with Crippen molar-refractivity contribution in [2.24, 2.45) is 0 Å². The van der Waals surface area contributed by atoms with Crippen LogP contribution in [0.1, 0.15) is 21.5 Å². The van der Waals surface area contributed by atoms with Crippen LogP contribution in [-0.4, -0.2) is 11.1 Å². The molecule has 0 aromatic heterocycles. The molecule has 0 saturated heterocycles. The highest BCUT2D eigenvalue weighted by Crippen LogP contribution is 2.36. The minimum Gasteiger partial charge on any atom is -0.293 e. The predicted octanol–water partition coefficient (Wildman–Crippen LogP) is 3.76. The fraction of sp³-hybridized carbons (Fsp3) is 0.200. The topological polar surface area (TPSA) is 40.9 Å². The van der Waals surface area contributed by atoms with Crippen molar-refractivity contribution < 1.29 is 18.0 Å². The molecule has 0 radical (unpaired) electrons. The zero-order chi connectivity index (χ0) is 13.2. The van der Waals surface area contributed by atoms with Crippen molar-refractivity contribution in [1.82, 2.24) is 0 Å². The van der Waals surface area contributed by atoms with Gasteiger partial charge in [-0.2, -0.15) is 18.4 Å². The monoisotopic (exact) mass is 417 g/mol. The summed E-state index contributed by atoms with van der Waals surface area (Å²) in [5.41, 5.74) is -2.15. The lowest BCUT2D eigenvalue weighted by molar-refractivity contribution is -0.138. The molecule has 0 bridgehead atoms. The molecular formula is C10H4BrF3INO. The van der Waals surface area contributed by atoms with Gasteiger partial charge < -0.3 is 0 Å². The molecule has 90 valence electrons. The van der Waals surface area contributed by atoms with Crippen molar-refractivity contribution in [2.75, 3.05) is 5.33 Å². The highest BCUT2D eigenvalue weighted by Gasteiger charge is 2.38. The molecule has 0 aliphatic carbocycles. The van der Waals surface area contributed by atoms with Crippen molar-refractivity contribution in [2.45, 2.75) is 6.18 Å². The number of nitrogens with zero attached hydrogens (tertiary/aromatic N) is 1. The normalized spacial score (nSPS) is 11.1. The minimum atomic E-state index is -4.72. The average Bonchev–Trinajstić information content (AvgIpc) is 2.26. The van der Waals surface area contributed by atoms with Gasteiger partial charge in [0.25, 0.3) is 0 Å². The standard InChI is InChI=1S/C10H4BrF3INO/c11-3-7(17)8-6(15)2-1-5(4-16)9(8)10(12,13)14/h1-2H,3H2. The molecule has 0 heterocycles. The molecule has 2 nitrogen and oxygen atoms in total. The Hall–Kier alpha value is -0.620. The first-order valence-electron chi connectivity index (χ1n) is 4.22. The Balaban J connectivity index is 3.68. The Morgan fingerprint density at radius 1 is 1.47 bits per heavy atom. The first-order chi connectivity index (χ1) is 7.82. The SMILES string of the molecule is N#Cc1ccc(I)c(C(=O)CBr)c1C(F)(F)F. The van der Waals surface area contributed by atoms with E-state index in [9.17, 15) is 18.0 Å². The molecule has 0 N–H and O–H groups in total. The third kappa shape index (κ3) is 2.98. The van der Waals surface area contributed by atoms with Crippen LogP contribution in [0.25, 0.3) is 0 Å². The van der Waals surface area contributed by atoms with Gasteiger partial charge in [0.15, 0.2) is 5.78 Å². The second-order valence-electron chi connectivity index (χ2n) is 3.01. The number of benzene rings is 1. The van der Waals surface area contributed by atoms with E-state index in [-0.39, 0.29) is 8.90 Å².